The molecule has 1 aromatic rings. The van der Waals surface area contributed by atoms with Crippen LogP contribution in [0.1, 0.15) is 68.2 Å². The molecule has 2 fully saturated rings. The smallest absolute Gasteiger partial charge is 0.336 e. The van der Waals surface area contributed by atoms with E-state index in [1.54, 1.807) is 0 Å². The van der Waals surface area contributed by atoms with Gasteiger partial charge in [-0.05, 0) is 41.1 Å². The van der Waals surface area contributed by atoms with Gasteiger partial charge in [0.25, 0.3) is 11.4 Å². The van der Waals surface area contributed by atoms with Gasteiger partial charge in [0.15, 0.2) is 5.72 Å². The zero-order valence-corrected chi connectivity index (χ0v) is 25.0. The fourth-order valence-corrected chi connectivity index (χ4v) is 17.2. The van der Waals surface area contributed by atoms with E-state index in [2.05, 4.69) is 60.7 Å². The first-order valence-corrected chi connectivity index (χ1v) is 17.0. The molecule has 1 aliphatic carbocycles. The number of hydrogen-bond acceptors (Lipinski definition) is 9. The second kappa shape index (κ2) is 10.7. The summed E-state index contributed by atoms with van der Waals surface area (Å²) in [5.74, 6) is -0.310. The first-order chi connectivity index (χ1) is 17.1. The summed E-state index contributed by atoms with van der Waals surface area (Å²) in [4.78, 5) is 21.9. The molecule has 1 heterocycles. The number of nitrogens with one attached hydrogen (secondary N) is 1. The van der Waals surface area contributed by atoms with Crippen LogP contribution in [0, 0.1) is 26.1 Å². The Morgan fingerprint density at radius 2 is 1.51 bits per heavy atom. The Morgan fingerprint density at radius 3 is 2.00 bits per heavy atom. The molecule has 2 N–H and O–H groups in total. The average Bonchev–Trinajstić information content (AvgIpc) is 3.07. The fourth-order valence-electron chi connectivity index (χ4n) is 5.90. The lowest BCUT2D eigenvalue weighted by Gasteiger charge is -2.55. The number of nitrogens with zero attached hydrogens (tertiary/aromatic N) is 2. The maximum atomic E-state index is 11.9. The van der Waals surface area contributed by atoms with Gasteiger partial charge in [0.1, 0.15) is 11.8 Å². The molecule has 0 spiro atoms. The van der Waals surface area contributed by atoms with Crippen molar-refractivity contribution in [3.63, 3.8) is 0 Å². The van der Waals surface area contributed by atoms with Crippen LogP contribution in [0.3, 0.4) is 0 Å². The first kappa shape index (κ1) is 29.6. The SMILES string of the molecule is CC(C)[Si]1(C(C)C)OCC2CCC(O)C2(Nc2ccc([N+](=O)[O-])cc2[N+](=O)[O-])O[Si](C(C)C)(C(C)C)O1. The van der Waals surface area contributed by atoms with Crippen LogP contribution in [0.2, 0.25) is 22.2 Å². The van der Waals surface area contributed by atoms with Gasteiger partial charge in [0, 0.05) is 18.6 Å². The molecule has 0 radical (unpaired) electrons. The molecule has 3 unspecified atom stereocenters. The molecule has 2 aliphatic rings. The summed E-state index contributed by atoms with van der Waals surface area (Å²) < 4.78 is 21.2. The number of benzene rings is 1. The van der Waals surface area contributed by atoms with Gasteiger partial charge in [-0.2, -0.15) is 0 Å². The molecule has 13 heteroatoms. The fraction of sp³-hybridized carbons (Fsp3) is 0.750. The largest absolute Gasteiger partial charge is 0.414 e. The Morgan fingerprint density at radius 1 is 0.946 bits per heavy atom. The molecule has 0 amide bonds. The van der Waals surface area contributed by atoms with Gasteiger partial charge < -0.3 is 23.4 Å². The monoisotopic (exact) mass is 555 g/mol. The minimum absolute atomic E-state index is 0.0162. The van der Waals surface area contributed by atoms with E-state index >= 15 is 0 Å². The van der Waals surface area contributed by atoms with Gasteiger partial charge in [-0.15, -0.1) is 0 Å². The standard InChI is InChI=1S/C24H41N3O8Si2/c1-15(2)36(16(3)4)33-14-19-9-12-23(28)24(19,34-37(35-36,17(5)6)18(7)8)25-21-11-10-20(26(29)30)13-22(21)27(31)32/h10-11,13,15-19,23,25,28H,9,12,14H2,1-8H3. The highest BCUT2D eigenvalue weighted by Gasteiger charge is 2.65. The summed E-state index contributed by atoms with van der Waals surface area (Å²) in [6, 6.07) is 3.45. The molecular weight excluding hydrogens is 514 g/mol. The Hall–Kier alpha value is -1.91. The van der Waals surface area contributed by atoms with Gasteiger partial charge >= 0.3 is 17.1 Å². The van der Waals surface area contributed by atoms with Gasteiger partial charge in [-0.25, -0.2) is 0 Å². The van der Waals surface area contributed by atoms with Crippen molar-refractivity contribution < 1.29 is 27.9 Å². The third-order valence-electron chi connectivity index (χ3n) is 7.99. The predicted molar refractivity (Wildman–Crippen MR) is 145 cm³/mol. The molecule has 11 nitrogen and oxygen atoms in total. The Labute approximate surface area is 220 Å². The number of non-ortho nitro benzene ring substituents is 1. The maximum absolute atomic E-state index is 11.9. The van der Waals surface area contributed by atoms with E-state index in [1.165, 1.54) is 12.1 Å². The summed E-state index contributed by atoms with van der Waals surface area (Å²) in [6.45, 7) is 17.0. The quantitative estimate of drug-likeness (QED) is 0.225. The summed E-state index contributed by atoms with van der Waals surface area (Å²) in [5.41, 5.74) is -1.92. The number of hydrogen-bond donors (Lipinski definition) is 2. The van der Waals surface area contributed by atoms with Crippen LogP contribution in [0.15, 0.2) is 18.2 Å². The number of nitro benzene ring substituents is 2. The highest BCUT2D eigenvalue weighted by atomic mass is 28.5. The second-order valence-corrected chi connectivity index (χ2v) is 20.3. The van der Waals surface area contributed by atoms with Crippen molar-refractivity contribution in [2.24, 2.45) is 5.92 Å². The zero-order valence-electron chi connectivity index (χ0n) is 23.0. The highest BCUT2D eigenvalue weighted by Crippen LogP contribution is 2.52. The lowest BCUT2D eigenvalue weighted by molar-refractivity contribution is -0.393. The van der Waals surface area contributed by atoms with Gasteiger partial charge in [-0.3, -0.25) is 20.2 Å². The number of nitro groups is 2. The average molecular weight is 556 g/mol. The van der Waals surface area contributed by atoms with Crippen molar-refractivity contribution in [2.45, 2.75) is 102 Å². The van der Waals surface area contributed by atoms with E-state index in [4.69, 9.17) is 13.0 Å². The molecule has 1 aromatic carbocycles. The van der Waals surface area contributed by atoms with E-state index in [-0.39, 0.29) is 46.1 Å². The number of aliphatic hydroxyl groups is 1. The molecule has 0 bridgehead atoms. The predicted octanol–water partition coefficient (Wildman–Crippen LogP) is 5.97. The molecule has 1 saturated heterocycles. The van der Waals surface area contributed by atoms with Crippen LogP contribution in [0.5, 0.6) is 0 Å². The number of anilines is 1. The first-order valence-electron chi connectivity index (χ1n) is 13.1. The summed E-state index contributed by atoms with van der Waals surface area (Å²) in [5, 5.41) is 37.8. The van der Waals surface area contributed by atoms with Crippen LogP contribution in [-0.4, -0.2) is 50.5 Å². The van der Waals surface area contributed by atoms with Crippen LogP contribution in [0.4, 0.5) is 17.1 Å². The maximum Gasteiger partial charge on any atom is 0.336 e. The third kappa shape index (κ3) is 5.09. The molecule has 37 heavy (non-hydrogen) atoms. The second-order valence-electron chi connectivity index (χ2n) is 11.5. The minimum atomic E-state index is -3.17. The Bertz CT molecular complexity index is 1010. The minimum Gasteiger partial charge on any atom is -0.414 e. The van der Waals surface area contributed by atoms with Crippen molar-refractivity contribution >= 4 is 34.2 Å². The van der Waals surface area contributed by atoms with Gasteiger partial charge in [0.2, 0.25) is 0 Å². The van der Waals surface area contributed by atoms with Crippen molar-refractivity contribution in [3.05, 3.63) is 38.4 Å². The number of fused-ring (bicyclic) bond motifs is 1. The van der Waals surface area contributed by atoms with Crippen LogP contribution < -0.4 is 5.32 Å². The number of aliphatic hydroxyl groups excluding tert-OH is 1. The van der Waals surface area contributed by atoms with E-state index in [9.17, 15) is 25.3 Å². The van der Waals surface area contributed by atoms with E-state index in [0.717, 1.165) is 6.07 Å². The zero-order chi connectivity index (χ0) is 27.9. The van der Waals surface area contributed by atoms with Crippen molar-refractivity contribution in [1.82, 2.24) is 0 Å². The van der Waals surface area contributed by atoms with Gasteiger partial charge in [-0.1, -0.05) is 55.4 Å². The lowest BCUT2D eigenvalue weighted by Crippen LogP contribution is -2.70. The number of rotatable bonds is 8. The van der Waals surface area contributed by atoms with Crippen molar-refractivity contribution in [1.29, 1.82) is 0 Å². The van der Waals surface area contributed by atoms with E-state index < -0.39 is 44.5 Å². The Balaban J connectivity index is 2.22. The van der Waals surface area contributed by atoms with Crippen molar-refractivity contribution in [2.75, 3.05) is 11.9 Å². The highest BCUT2D eigenvalue weighted by molar-refractivity contribution is 6.84. The van der Waals surface area contributed by atoms with Crippen LogP contribution in [-0.2, 0) is 13.0 Å². The molecule has 1 saturated carbocycles. The summed E-state index contributed by atoms with van der Waals surface area (Å²) >= 11 is 0. The third-order valence-corrected chi connectivity index (χ3v) is 18.3. The van der Waals surface area contributed by atoms with Crippen LogP contribution in [0.25, 0.3) is 0 Å². The molecule has 3 atom stereocenters. The summed E-state index contributed by atoms with van der Waals surface area (Å²) in [7, 11) is -5.96. The van der Waals surface area contributed by atoms with E-state index in [1.807, 2.05) is 0 Å². The molecule has 208 valence electrons. The molecule has 1 aliphatic heterocycles. The molecule has 0 aromatic heterocycles. The Kier molecular flexibility index (Phi) is 8.57. The van der Waals surface area contributed by atoms with Gasteiger partial charge in [0.05, 0.1) is 15.9 Å². The lowest BCUT2D eigenvalue weighted by atomic mass is 9.98. The topological polar surface area (TPSA) is 146 Å². The van der Waals surface area contributed by atoms with Crippen molar-refractivity contribution in [3.8, 4) is 0 Å². The normalized spacial score (nSPS) is 27.3. The molecule has 3 rings (SSSR count). The van der Waals surface area contributed by atoms with E-state index in [0.29, 0.717) is 12.8 Å². The van der Waals surface area contributed by atoms with Crippen LogP contribution >= 0.6 is 0 Å². The summed E-state index contributed by atoms with van der Waals surface area (Å²) in [6.07, 6.45) is 0.0209. The molecular formula is C24H41N3O8Si2.